The Morgan fingerprint density at radius 1 is 0.397 bits per heavy atom. The maximum absolute atomic E-state index is 9.71. The minimum atomic E-state index is -0.275. The van der Waals surface area contributed by atoms with Crippen LogP contribution in [0.25, 0.3) is 41.0 Å². The summed E-state index contributed by atoms with van der Waals surface area (Å²) in [5.41, 5.74) is 12.8. The average Bonchev–Trinajstić information content (AvgIpc) is 4.15. The van der Waals surface area contributed by atoms with Gasteiger partial charge in [-0.3, -0.25) is 0 Å². The second kappa shape index (κ2) is 16.4. The first-order valence-corrected chi connectivity index (χ1v) is 23.5. The molecule has 8 nitrogen and oxygen atoms in total. The van der Waals surface area contributed by atoms with E-state index in [-0.39, 0.29) is 14.0 Å². The molecule has 12 heteroatoms. The number of nitriles is 2. The molecule has 68 heavy (non-hydrogen) atoms. The van der Waals surface area contributed by atoms with Crippen LogP contribution in [0.4, 0.5) is 55.5 Å². The van der Waals surface area contributed by atoms with E-state index in [1.807, 2.05) is 97.1 Å². The first kappa shape index (κ1) is 40.5. The van der Waals surface area contributed by atoms with Gasteiger partial charge < -0.3 is 19.2 Å². The van der Waals surface area contributed by atoms with Crippen molar-refractivity contribution in [3.63, 3.8) is 0 Å². The molecule has 2 aliphatic heterocycles. The van der Waals surface area contributed by atoms with E-state index in [2.05, 4.69) is 138 Å². The van der Waals surface area contributed by atoms with Crippen LogP contribution in [0.2, 0.25) is 0 Å². The molecule has 0 fully saturated rings. The summed E-state index contributed by atoms with van der Waals surface area (Å²) in [4.78, 5) is 16.9. The first-order valence-electron chi connectivity index (χ1n) is 21.9. The van der Waals surface area contributed by atoms with E-state index in [1.54, 1.807) is 22.7 Å². The maximum Gasteiger partial charge on any atom is 0.421 e. The summed E-state index contributed by atoms with van der Waals surface area (Å²) in [6.07, 6.45) is 0. The minimum absolute atomic E-state index is 0.268. The zero-order valence-corrected chi connectivity index (χ0v) is 37.7. The third kappa shape index (κ3) is 6.56. The molecule has 0 amide bonds. The van der Waals surface area contributed by atoms with Crippen LogP contribution in [0.1, 0.15) is 11.1 Å². The summed E-state index contributed by atoms with van der Waals surface area (Å²) >= 11 is 3.51. The largest absolute Gasteiger partial charge is 0.421 e. The summed E-state index contributed by atoms with van der Waals surface area (Å²) < 4.78 is 2.36. The quantitative estimate of drug-likeness (QED) is 0.117. The fourth-order valence-corrected chi connectivity index (χ4v) is 12.1. The number of hydrogen-bond donors (Lipinski definition) is 0. The average molecular weight is 903 g/mol. The lowest BCUT2D eigenvalue weighted by atomic mass is 9.64. The highest BCUT2D eigenvalue weighted by molar-refractivity contribution is 7.26. The van der Waals surface area contributed by atoms with Crippen LogP contribution < -0.4 is 30.2 Å². The van der Waals surface area contributed by atoms with Gasteiger partial charge in [0, 0.05) is 42.9 Å². The van der Waals surface area contributed by atoms with Gasteiger partial charge in [0.05, 0.1) is 47.8 Å². The van der Waals surface area contributed by atoms with Gasteiger partial charge in [0.15, 0.2) is 11.4 Å². The number of hydrogen-bond acceptors (Lipinski definition) is 8. The van der Waals surface area contributed by atoms with Crippen molar-refractivity contribution >= 4 is 123 Å². The Bertz CT molecular complexity index is 3500. The number of anilines is 8. The zero-order valence-electron chi connectivity index (χ0n) is 36.0. The predicted molar refractivity (Wildman–Crippen MR) is 283 cm³/mol. The van der Waals surface area contributed by atoms with E-state index < -0.39 is 0 Å². The van der Waals surface area contributed by atoms with Gasteiger partial charge in [-0.05, 0) is 94.8 Å². The second-order valence-electron chi connectivity index (χ2n) is 16.5. The summed E-state index contributed by atoms with van der Waals surface area (Å²) in [5.74, 6) is 0. The number of thiophene rings is 2. The Hall–Kier alpha value is -9.03. The number of fused-ring (bicyclic) bond motifs is 6. The van der Waals surface area contributed by atoms with E-state index in [1.165, 1.54) is 9.40 Å². The van der Waals surface area contributed by atoms with E-state index in [0.717, 1.165) is 77.0 Å². The monoisotopic (exact) mass is 902 g/mol. The fourth-order valence-electron chi connectivity index (χ4n) is 9.65. The molecule has 0 bridgehead atoms. The zero-order chi connectivity index (χ0) is 45.9. The minimum Gasteiger partial charge on any atom is -0.359 e. The van der Waals surface area contributed by atoms with Gasteiger partial charge in [0.2, 0.25) is 0 Å². The van der Waals surface area contributed by atoms with Crippen molar-refractivity contribution in [2.45, 2.75) is 0 Å². The number of benzene rings is 8. The molecule has 0 atom stereocenters. The van der Waals surface area contributed by atoms with Crippen LogP contribution in [-0.2, 0) is 0 Å². The van der Waals surface area contributed by atoms with Gasteiger partial charge in [-0.1, -0.05) is 121 Å². The van der Waals surface area contributed by atoms with Crippen molar-refractivity contribution < 1.29 is 0 Å². The normalized spacial score (nSPS) is 12.8. The van der Waals surface area contributed by atoms with Gasteiger partial charge in [0.1, 0.15) is 10.0 Å². The lowest BCUT2D eigenvalue weighted by Crippen LogP contribution is -2.53. The van der Waals surface area contributed by atoms with E-state index in [9.17, 15) is 10.5 Å². The van der Waals surface area contributed by atoms with Crippen LogP contribution in [0.15, 0.2) is 194 Å². The molecule has 12 rings (SSSR count). The van der Waals surface area contributed by atoms with Crippen molar-refractivity contribution in [2.24, 2.45) is 0 Å². The predicted octanol–water partition coefficient (Wildman–Crippen LogP) is 14.0. The molecular formula is C56H32B2N8S2. The molecule has 314 valence electrons. The third-order valence-electron chi connectivity index (χ3n) is 12.8. The van der Waals surface area contributed by atoms with E-state index in [4.69, 9.17) is 13.1 Å². The Morgan fingerprint density at radius 3 is 1.09 bits per heavy atom. The van der Waals surface area contributed by atoms with Gasteiger partial charge in [-0.25, -0.2) is 9.69 Å². The molecule has 4 heterocycles. The van der Waals surface area contributed by atoms with Crippen molar-refractivity contribution in [1.82, 2.24) is 0 Å². The smallest absolute Gasteiger partial charge is 0.359 e. The molecule has 2 aromatic heterocycles. The van der Waals surface area contributed by atoms with Gasteiger partial charge >= 0.3 is 14.0 Å². The second-order valence-corrected chi connectivity index (χ2v) is 18.6. The molecule has 0 spiro atoms. The summed E-state index contributed by atoms with van der Waals surface area (Å²) in [7, 11) is 0. The van der Waals surface area contributed by atoms with Crippen molar-refractivity contribution in [3.05, 3.63) is 228 Å². The van der Waals surface area contributed by atoms with Crippen LogP contribution >= 0.6 is 22.7 Å². The Kier molecular flexibility index (Phi) is 9.79. The lowest BCUT2D eigenvalue weighted by Gasteiger charge is -2.31. The Labute approximate surface area is 402 Å². The third-order valence-corrected chi connectivity index (χ3v) is 15.1. The van der Waals surface area contributed by atoms with Crippen LogP contribution in [-0.4, -0.2) is 14.0 Å². The van der Waals surface area contributed by atoms with Gasteiger partial charge in [-0.15, -0.1) is 22.7 Å². The molecule has 0 aliphatic carbocycles. The highest BCUT2D eigenvalue weighted by atomic mass is 32.1. The van der Waals surface area contributed by atoms with E-state index >= 15 is 0 Å². The molecule has 8 aromatic carbocycles. The fraction of sp³-hybridized carbons (Fsp3) is 0. The first-order chi connectivity index (χ1) is 33.5. The van der Waals surface area contributed by atoms with Crippen molar-refractivity contribution in [1.29, 1.82) is 10.5 Å². The lowest BCUT2D eigenvalue weighted by molar-refractivity contribution is 1.39. The summed E-state index contributed by atoms with van der Waals surface area (Å²) in [5, 5.41) is 23.9. The van der Waals surface area contributed by atoms with Crippen molar-refractivity contribution in [2.75, 3.05) is 19.2 Å². The number of nitrogens with zero attached hydrogens (tertiary/aromatic N) is 8. The molecule has 0 N–H and O–H groups in total. The van der Waals surface area contributed by atoms with Crippen molar-refractivity contribution in [3.8, 4) is 23.3 Å². The SMILES string of the molecule is [C-]#[N+]c1ccc(N2B(c3ccc(-c4ccc(B5N(c6ccc(C#N)cc6)c6sc7ccccc7c6N5c5ccc(C#N)cc5)cc4)cc3)N(c3ccc([N+]#[C-])cc3)c3c2sc2ccccc32)cc1. The topological polar surface area (TPSA) is 69.3 Å². The summed E-state index contributed by atoms with van der Waals surface area (Å²) in [6, 6.07) is 70.5. The van der Waals surface area contributed by atoms with Crippen LogP contribution in [0.3, 0.4) is 0 Å². The Balaban J connectivity index is 0.949. The Morgan fingerprint density at radius 2 is 0.735 bits per heavy atom. The van der Waals surface area contributed by atoms with Crippen LogP contribution in [0.5, 0.6) is 0 Å². The van der Waals surface area contributed by atoms with E-state index in [0.29, 0.717) is 22.5 Å². The highest BCUT2D eigenvalue weighted by Gasteiger charge is 2.47. The summed E-state index contributed by atoms with van der Waals surface area (Å²) in [6.45, 7) is 14.7. The highest BCUT2D eigenvalue weighted by Crippen LogP contribution is 2.56. The van der Waals surface area contributed by atoms with Crippen LogP contribution in [0, 0.1) is 35.8 Å². The standard InChI is InChI=1S/C56H32B2N8S2/c1-61-43-23-31-46(32-24-43)64-54-50-8-4-6-10-52(50)68-56(54)66(48-33-25-44(62-2)26-34-48)58(64)42-21-17-40(18-22-42)39-15-19-41(20-16-39)57-63(45-27-11-37(35-59)12-28-45)53-49-7-3-5-9-51(49)67-55(53)65(57)47-29-13-38(36-60)14-30-47/h3-34H. The molecule has 0 unspecified atom stereocenters. The maximum atomic E-state index is 9.71. The molecule has 0 saturated heterocycles. The number of rotatable bonds is 7. The van der Waals surface area contributed by atoms with Gasteiger partial charge in [0.25, 0.3) is 0 Å². The molecule has 10 aromatic rings. The van der Waals surface area contributed by atoms with Gasteiger partial charge in [-0.2, -0.15) is 10.5 Å². The molecular weight excluding hydrogens is 870 g/mol. The molecule has 2 aliphatic rings. The molecule has 0 radical (unpaired) electrons. The molecule has 0 saturated carbocycles.